The summed E-state index contributed by atoms with van der Waals surface area (Å²) >= 11 is 1.71. The Kier molecular flexibility index (Phi) is 5.18. The first kappa shape index (κ1) is 14.6. The number of carbonyl (C=O) groups is 1. The number of carbonyl (C=O) groups excluding carboxylic acids is 1. The van der Waals surface area contributed by atoms with E-state index in [4.69, 9.17) is 4.74 Å². The molecular formula is C16H19NO2S. The molecule has 1 heterocycles. The number of hydrogen-bond acceptors (Lipinski definition) is 3. The molecule has 0 saturated heterocycles. The van der Waals surface area contributed by atoms with Gasteiger partial charge in [-0.15, -0.1) is 11.3 Å². The molecule has 0 aliphatic rings. The summed E-state index contributed by atoms with van der Waals surface area (Å²) in [5.74, 6) is 0.727. The van der Waals surface area contributed by atoms with Gasteiger partial charge in [0.25, 0.3) is 5.91 Å². The van der Waals surface area contributed by atoms with Crippen molar-refractivity contribution < 1.29 is 9.53 Å². The van der Waals surface area contributed by atoms with Crippen LogP contribution < -0.4 is 10.1 Å². The second-order valence-corrected chi connectivity index (χ2v) is 5.72. The Bertz CT molecular complexity index is 544. The van der Waals surface area contributed by atoms with Gasteiger partial charge in [0, 0.05) is 11.4 Å². The third-order valence-corrected chi connectivity index (χ3v) is 3.97. The summed E-state index contributed by atoms with van der Waals surface area (Å²) < 4.78 is 5.61. The number of aryl methyl sites for hydroxylation is 2. The van der Waals surface area contributed by atoms with Crippen molar-refractivity contribution >= 4 is 17.2 Å². The van der Waals surface area contributed by atoms with Crippen molar-refractivity contribution in [3.05, 3.63) is 51.7 Å². The number of para-hydroxylation sites is 1. The van der Waals surface area contributed by atoms with E-state index >= 15 is 0 Å². The van der Waals surface area contributed by atoms with Crippen LogP contribution in [0.3, 0.4) is 0 Å². The molecule has 0 fully saturated rings. The summed E-state index contributed by atoms with van der Waals surface area (Å²) in [5.41, 5.74) is 2.10. The molecule has 2 rings (SSSR count). The van der Waals surface area contributed by atoms with Crippen LogP contribution in [0.1, 0.15) is 16.0 Å². The highest BCUT2D eigenvalue weighted by atomic mass is 32.1. The van der Waals surface area contributed by atoms with E-state index in [2.05, 4.69) is 11.4 Å². The lowest BCUT2D eigenvalue weighted by molar-refractivity contribution is -0.123. The molecule has 1 aromatic heterocycles. The van der Waals surface area contributed by atoms with E-state index in [-0.39, 0.29) is 12.5 Å². The topological polar surface area (TPSA) is 38.3 Å². The highest BCUT2D eigenvalue weighted by Crippen LogP contribution is 2.21. The molecule has 2 aromatic rings. The summed E-state index contributed by atoms with van der Waals surface area (Å²) in [6.45, 7) is 4.68. The number of thiophene rings is 1. The molecule has 3 nitrogen and oxygen atoms in total. The van der Waals surface area contributed by atoms with E-state index in [0.29, 0.717) is 6.54 Å². The number of rotatable bonds is 6. The third-order valence-electron chi connectivity index (χ3n) is 3.03. The van der Waals surface area contributed by atoms with E-state index in [1.165, 1.54) is 4.88 Å². The average molecular weight is 289 g/mol. The molecule has 0 spiro atoms. The standard InChI is InChI=1S/C16H19NO2S/c1-12-5-3-6-13(2)16(12)19-11-15(18)17-9-8-14-7-4-10-20-14/h3-7,10H,8-9,11H2,1-2H3,(H,17,18). The Hall–Kier alpha value is -1.81. The van der Waals surface area contributed by atoms with Crippen LogP contribution in [-0.4, -0.2) is 19.1 Å². The lowest BCUT2D eigenvalue weighted by Crippen LogP contribution is -2.30. The molecule has 0 unspecified atom stereocenters. The normalized spacial score (nSPS) is 10.3. The molecule has 20 heavy (non-hydrogen) atoms. The van der Waals surface area contributed by atoms with Gasteiger partial charge in [0.2, 0.25) is 0 Å². The molecular weight excluding hydrogens is 270 g/mol. The minimum Gasteiger partial charge on any atom is -0.483 e. The SMILES string of the molecule is Cc1cccc(C)c1OCC(=O)NCCc1cccs1. The van der Waals surface area contributed by atoms with Crippen LogP contribution >= 0.6 is 11.3 Å². The van der Waals surface area contributed by atoms with Crippen molar-refractivity contribution in [1.29, 1.82) is 0 Å². The van der Waals surface area contributed by atoms with Gasteiger partial charge in [-0.1, -0.05) is 24.3 Å². The molecule has 0 saturated carbocycles. The van der Waals surface area contributed by atoms with Crippen molar-refractivity contribution in [3.8, 4) is 5.75 Å². The molecule has 0 bridgehead atoms. The molecule has 1 amide bonds. The van der Waals surface area contributed by atoms with Gasteiger partial charge in [0.15, 0.2) is 6.61 Å². The molecule has 0 aliphatic carbocycles. The summed E-state index contributed by atoms with van der Waals surface area (Å²) in [7, 11) is 0. The fourth-order valence-electron chi connectivity index (χ4n) is 2.00. The van der Waals surface area contributed by atoms with Crippen LogP contribution in [0.15, 0.2) is 35.7 Å². The maximum absolute atomic E-state index is 11.7. The smallest absolute Gasteiger partial charge is 0.257 e. The predicted octanol–water partition coefficient (Wildman–Crippen LogP) is 3.10. The monoisotopic (exact) mass is 289 g/mol. The highest BCUT2D eigenvalue weighted by molar-refractivity contribution is 7.09. The van der Waals surface area contributed by atoms with Gasteiger partial charge in [0.1, 0.15) is 5.75 Å². The fourth-order valence-corrected chi connectivity index (χ4v) is 2.70. The van der Waals surface area contributed by atoms with Crippen molar-refractivity contribution in [2.24, 2.45) is 0 Å². The zero-order chi connectivity index (χ0) is 14.4. The second kappa shape index (κ2) is 7.10. The Morgan fingerprint density at radius 1 is 1.20 bits per heavy atom. The Morgan fingerprint density at radius 3 is 2.60 bits per heavy atom. The van der Waals surface area contributed by atoms with Crippen LogP contribution in [0.5, 0.6) is 5.75 Å². The van der Waals surface area contributed by atoms with Crippen LogP contribution in [0.2, 0.25) is 0 Å². The molecule has 4 heteroatoms. The van der Waals surface area contributed by atoms with E-state index < -0.39 is 0 Å². The van der Waals surface area contributed by atoms with E-state index in [9.17, 15) is 4.79 Å². The lowest BCUT2D eigenvalue weighted by Gasteiger charge is -2.11. The first-order valence-corrected chi connectivity index (χ1v) is 7.53. The van der Waals surface area contributed by atoms with E-state index in [1.54, 1.807) is 11.3 Å². The lowest BCUT2D eigenvalue weighted by atomic mass is 10.1. The van der Waals surface area contributed by atoms with Gasteiger partial charge in [-0.3, -0.25) is 4.79 Å². The number of ether oxygens (including phenoxy) is 1. The van der Waals surface area contributed by atoms with Gasteiger partial charge in [-0.25, -0.2) is 0 Å². The minimum atomic E-state index is -0.0794. The zero-order valence-electron chi connectivity index (χ0n) is 11.8. The minimum absolute atomic E-state index is 0.0656. The first-order valence-electron chi connectivity index (χ1n) is 6.65. The number of amides is 1. The zero-order valence-corrected chi connectivity index (χ0v) is 12.6. The van der Waals surface area contributed by atoms with Crippen LogP contribution in [0.25, 0.3) is 0 Å². The maximum atomic E-state index is 11.7. The van der Waals surface area contributed by atoms with Crippen LogP contribution in [0.4, 0.5) is 0 Å². The first-order chi connectivity index (χ1) is 9.66. The summed E-state index contributed by atoms with van der Waals surface area (Å²) in [5, 5.41) is 4.92. The summed E-state index contributed by atoms with van der Waals surface area (Å²) in [6, 6.07) is 10.0. The maximum Gasteiger partial charge on any atom is 0.257 e. The van der Waals surface area contributed by atoms with E-state index in [0.717, 1.165) is 23.3 Å². The third kappa shape index (κ3) is 4.10. The molecule has 0 aliphatic heterocycles. The van der Waals surface area contributed by atoms with Gasteiger partial charge in [-0.2, -0.15) is 0 Å². The largest absolute Gasteiger partial charge is 0.483 e. The summed E-state index contributed by atoms with van der Waals surface area (Å²) in [6.07, 6.45) is 0.868. The molecule has 0 atom stereocenters. The Labute approximate surface area is 123 Å². The number of benzene rings is 1. The van der Waals surface area contributed by atoms with Crippen molar-refractivity contribution in [2.45, 2.75) is 20.3 Å². The number of hydrogen-bond donors (Lipinski definition) is 1. The Balaban J connectivity index is 1.75. The van der Waals surface area contributed by atoms with Gasteiger partial charge in [0.05, 0.1) is 0 Å². The van der Waals surface area contributed by atoms with Gasteiger partial charge < -0.3 is 10.1 Å². The second-order valence-electron chi connectivity index (χ2n) is 4.69. The van der Waals surface area contributed by atoms with Gasteiger partial charge in [-0.05, 0) is 42.8 Å². The quantitative estimate of drug-likeness (QED) is 0.887. The molecule has 0 radical (unpaired) electrons. The highest BCUT2D eigenvalue weighted by Gasteiger charge is 2.06. The molecule has 1 N–H and O–H groups in total. The van der Waals surface area contributed by atoms with Crippen molar-refractivity contribution in [1.82, 2.24) is 5.32 Å². The number of nitrogens with one attached hydrogen (secondary N) is 1. The molecule has 1 aromatic carbocycles. The fraction of sp³-hybridized carbons (Fsp3) is 0.312. The van der Waals surface area contributed by atoms with E-state index in [1.807, 2.05) is 43.5 Å². The predicted molar refractivity (Wildman–Crippen MR) is 82.4 cm³/mol. The van der Waals surface area contributed by atoms with Crippen molar-refractivity contribution in [2.75, 3.05) is 13.2 Å². The molecule has 106 valence electrons. The van der Waals surface area contributed by atoms with Crippen molar-refractivity contribution in [3.63, 3.8) is 0 Å². The summed E-state index contributed by atoms with van der Waals surface area (Å²) in [4.78, 5) is 13.0. The van der Waals surface area contributed by atoms with Crippen LogP contribution in [0, 0.1) is 13.8 Å². The van der Waals surface area contributed by atoms with Crippen LogP contribution in [-0.2, 0) is 11.2 Å². The average Bonchev–Trinajstić information content (AvgIpc) is 2.91. The van der Waals surface area contributed by atoms with Gasteiger partial charge >= 0.3 is 0 Å². The Morgan fingerprint density at radius 2 is 1.95 bits per heavy atom.